The van der Waals surface area contributed by atoms with Crippen LogP contribution in [0.25, 0.3) is 11.1 Å². The number of ether oxygens (including phenoxy) is 3. The minimum absolute atomic E-state index is 0.266. The first-order chi connectivity index (χ1) is 13.1. The first kappa shape index (κ1) is 18.5. The van der Waals surface area contributed by atoms with E-state index in [2.05, 4.69) is 15.3 Å². The average Bonchev–Trinajstić information content (AvgIpc) is 3.02. The molecule has 2 heterocycles. The molecule has 0 amide bonds. The molecular formula is C19H21N3O5. The van der Waals surface area contributed by atoms with Gasteiger partial charge in [0.15, 0.2) is 0 Å². The van der Waals surface area contributed by atoms with Crippen molar-refractivity contribution in [3.8, 4) is 11.5 Å². The number of hydrogen-bond donors (Lipinski definition) is 1. The summed E-state index contributed by atoms with van der Waals surface area (Å²) in [7, 11) is 3.21. The number of carbonyl (C=O) groups is 1. The molecule has 142 valence electrons. The van der Waals surface area contributed by atoms with Gasteiger partial charge in [-0.25, -0.2) is 14.8 Å². The molecule has 0 aliphatic rings. The van der Waals surface area contributed by atoms with Crippen LogP contribution in [0.2, 0.25) is 0 Å². The molecule has 2 aromatic heterocycles. The van der Waals surface area contributed by atoms with Crippen LogP contribution in [-0.4, -0.2) is 36.8 Å². The van der Waals surface area contributed by atoms with E-state index >= 15 is 0 Å². The first-order valence-corrected chi connectivity index (χ1v) is 8.45. The van der Waals surface area contributed by atoms with E-state index in [9.17, 15) is 4.79 Å². The monoisotopic (exact) mass is 371 g/mol. The Morgan fingerprint density at radius 2 is 2.04 bits per heavy atom. The van der Waals surface area contributed by atoms with Gasteiger partial charge in [0.1, 0.15) is 35.0 Å². The van der Waals surface area contributed by atoms with Crippen LogP contribution in [0.4, 0.5) is 5.82 Å². The van der Waals surface area contributed by atoms with Gasteiger partial charge in [-0.2, -0.15) is 0 Å². The van der Waals surface area contributed by atoms with Crippen LogP contribution in [0, 0.1) is 6.92 Å². The SMILES string of the molecule is CCOC(=O)c1c(C)oc2ncnc(NCc3cc(OC)ccc3OC)c12. The highest BCUT2D eigenvalue weighted by molar-refractivity contribution is 6.07. The van der Waals surface area contributed by atoms with Crippen molar-refractivity contribution in [1.29, 1.82) is 0 Å². The Morgan fingerprint density at radius 1 is 1.22 bits per heavy atom. The molecule has 1 N–H and O–H groups in total. The highest BCUT2D eigenvalue weighted by atomic mass is 16.5. The third-order valence-corrected chi connectivity index (χ3v) is 4.08. The number of rotatable bonds is 7. The number of nitrogens with one attached hydrogen (secondary N) is 1. The Balaban J connectivity index is 1.97. The Labute approximate surface area is 156 Å². The lowest BCUT2D eigenvalue weighted by Crippen LogP contribution is -2.08. The van der Waals surface area contributed by atoms with E-state index in [1.165, 1.54) is 6.33 Å². The van der Waals surface area contributed by atoms with E-state index in [-0.39, 0.29) is 6.61 Å². The third-order valence-electron chi connectivity index (χ3n) is 4.08. The molecule has 0 fully saturated rings. The van der Waals surface area contributed by atoms with Gasteiger partial charge in [0.2, 0.25) is 5.71 Å². The number of aryl methyl sites for hydroxylation is 1. The van der Waals surface area contributed by atoms with Crippen LogP contribution >= 0.6 is 0 Å². The summed E-state index contributed by atoms with van der Waals surface area (Å²) in [4.78, 5) is 20.7. The number of methoxy groups -OCH3 is 2. The Kier molecular flexibility index (Phi) is 5.44. The largest absolute Gasteiger partial charge is 0.497 e. The predicted octanol–water partition coefficient (Wildman–Crippen LogP) is 3.34. The summed E-state index contributed by atoms with van der Waals surface area (Å²) in [5.74, 6) is 1.87. The zero-order valence-corrected chi connectivity index (χ0v) is 15.7. The van der Waals surface area contributed by atoms with Crippen molar-refractivity contribution in [2.75, 3.05) is 26.1 Å². The van der Waals surface area contributed by atoms with Crippen LogP contribution < -0.4 is 14.8 Å². The lowest BCUT2D eigenvalue weighted by molar-refractivity contribution is 0.0526. The molecule has 8 nitrogen and oxygen atoms in total. The maximum Gasteiger partial charge on any atom is 0.342 e. The zero-order chi connectivity index (χ0) is 19.4. The highest BCUT2D eigenvalue weighted by Crippen LogP contribution is 2.31. The number of aromatic nitrogens is 2. The van der Waals surface area contributed by atoms with E-state index in [0.29, 0.717) is 46.3 Å². The molecule has 0 unspecified atom stereocenters. The summed E-state index contributed by atoms with van der Waals surface area (Å²) < 4.78 is 21.4. The Bertz CT molecular complexity index is 967. The number of nitrogens with zero attached hydrogens (tertiary/aromatic N) is 2. The van der Waals surface area contributed by atoms with Crippen LogP contribution in [0.15, 0.2) is 28.9 Å². The molecule has 0 spiro atoms. The molecule has 0 saturated heterocycles. The lowest BCUT2D eigenvalue weighted by atomic mass is 10.1. The van der Waals surface area contributed by atoms with Gasteiger partial charge in [-0.1, -0.05) is 0 Å². The number of anilines is 1. The number of fused-ring (bicyclic) bond motifs is 1. The fourth-order valence-corrected chi connectivity index (χ4v) is 2.83. The highest BCUT2D eigenvalue weighted by Gasteiger charge is 2.23. The van der Waals surface area contributed by atoms with E-state index in [0.717, 1.165) is 5.56 Å². The van der Waals surface area contributed by atoms with Crippen LogP contribution in [0.1, 0.15) is 28.6 Å². The van der Waals surface area contributed by atoms with Gasteiger partial charge in [0.25, 0.3) is 0 Å². The molecule has 0 bridgehead atoms. The van der Waals surface area contributed by atoms with Crippen molar-refractivity contribution in [2.45, 2.75) is 20.4 Å². The summed E-state index contributed by atoms with van der Waals surface area (Å²) >= 11 is 0. The molecule has 0 saturated carbocycles. The van der Waals surface area contributed by atoms with Crippen LogP contribution in [0.3, 0.4) is 0 Å². The van der Waals surface area contributed by atoms with Crippen molar-refractivity contribution < 1.29 is 23.4 Å². The molecule has 1 aromatic carbocycles. The number of benzene rings is 1. The van der Waals surface area contributed by atoms with E-state index in [4.69, 9.17) is 18.6 Å². The average molecular weight is 371 g/mol. The van der Waals surface area contributed by atoms with Crippen molar-refractivity contribution in [2.24, 2.45) is 0 Å². The summed E-state index contributed by atoms with van der Waals surface area (Å²) in [6.07, 6.45) is 1.38. The van der Waals surface area contributed by atoms with Crippen molar-refractivity contribution >= 4 is 22.9 Å². The van der Waals surface area contributed by atoms with Gasteiger partial charge < -0.3 is 23.9 Å². The second-order valence-electron chi connectivity index (χ2n) is 5.69. The fraction of sp³-hybridized carbons (Fsp3) is 0.316. The molecule has 0 aliphatic carbocycles. The number of esters is 1. The second kappa shape index (κ2) is 7.94. The van der Waals surface area contributed by atoms with E-state index in [1.807, 2.05) is 18.2 Å². The maximum atomic E-state index is 12.3. The molecular weight excluding hydrogens is 350 g/mol. The summed E-state index contributed by atoms with van der Waals surface area (Å²) in [5.41, 5.74) is 1.53. The fourth-order valence-electron chi connectivity index (χ4n) is 2.83. The van der Waals surface area contributed by atoms with Gasteiger partial charge in [-0.05, 0) is 32.0 Å². The minimum Gasteiger partial charge on any atom is -0.497 e. The van der Waals surface area contributed by atoms with Gasteiger partial charge in [0.05, 0.1) is 26.2 Å². The smallest absolute Gasteiger partial charge is 0.342 e. The van der Waals surface area contributed by atoms with Crippen molar-refractivity contribution in [3.63, 3.8) is 0 Å². The Hall–Kier alpha value is -3.29. The molecule has 3 aromatic rings. The van der Waals surface area contributed by atoms with Gasteiger partial charge in [0, 0.05) is 12.1 Å². The van der Waals surface area contributed by atoms with Crippen LogP contribution in [-0.2, 0) is 11.3 Å². The van der Waals surface area contributed by atoms with Gasteiger partial charge in [-0.3, -0.25) is 0 Å². The van der Waals surface area contributed by atoms with E-state index in [1.54, 1.807) is 28.1 Å². The topological polar surface area (TPSA) is 95.7 Å². The third kappa shape index (κ3) is 3.64. The van der Waals surface area contributed by atoms with Crippen molar-refractivity contribution in [1.82, 2.24) is 9.97 Å². The molecule has 0 aliphatic heterocycles. The quantitative estimate of drug-likeness (QED) is 0.632. The van der Waals surface area contributed by atoms with Gasteiger partial charge >= 0.3 is 5.97 Å². The minimum atomic E-state index is -0.467. The van der Waals surface area contributed by atoms with Crippen LogP contribution in [0.5, 0.6) is 11.5 Å². The summed E-state index contributed by atoms with van der Waals surface area (Å²) in [6, 6.07) is 5.53. The summed E-state index contributed by atoms with van der Waals surface area (Å²) in [6.45, 7) is 4.12. The standard InChI is InChI=1S/C19H21N3O5/c1-5-26-19(23)15-11(2)27-18-16(15)17(21-10-22-18)20-9-12-8-13(24-3)6-7-14(12)25-4/h6-8,10H,5,9H2,1-4H3,(H,20,21,22). The maximum absolute atomic E-state index is 12.3. The molecule has 0 radical (unpaired) electrons. The Morgan fingerprint density at radius 3 is 2.74 bits per heavy atom. The van der Waals surface area contributed by atoms with Gasteiger partial charge in [-0.15, -0.1) is 0 Å². The normalized spacial score (nSPS) is 10.7. The number of furan rings is 1. The first-order valence-electron chi connectivity index (χ1n) is 8.45. The summed E-state index contributed by atoms with van der Waals surface area (Å²) in [5, 5.41) is 3.72. The van der Waals surface area contributed by atoms with Crippen molar-refractivity contribution in [3.05, 3.63) is 41.4 Å². The van der Waals surface area contributed by atoms with E-state index < -0.39 is 5.97 Å². The second-order valence-corrected chi connectivity index (χ2v) is 5.69. The zero-order valence-electron chi connectivity index (χ0n) is 15.7. The lowest BCUT2D eigenvalue weighted by Gasteiger charge is -2.12. The predicted molar refractivity (Wildman–Crippen MR) is 99.4 cm³/mol. The number of carbonyl (C=O) groups excluding carboxylic acids is 1. The molecule has 8 heteroatoms. The molecule has 27 heavy (non-hydrogen) atoms. The molecule has 3 rings (SSSR count). The molecule has 0 atom stereocenters. The number of hydrogen-bond acceptors (Lipinski definition) is 8.